The van der Waals surface area contributed by atoms with Crippen LogP contribution in [0.25, 0.3) is 0 Å². The first-order valence-corrected chi connectivity index (χ1v) is 14.1. The molecule has 0 saturated heterocycles. The number of aliphatic hydroxyl groups is 2. The summed E-state index contributed by atoms with van der Waals surface area (Å²) in [5, 5.41) is 15.2. The predicted molar refractivity (Wildman–Crippen MR) is 113 cm³/mol. The third kappa shape index (κ3) is 29.1. The van der Waals surface area contributed by atoms with Gasteiger partial charge in [0.25, 0.3) is 0 Å². The van der Waals surface area contributed by atoms with Gasteiger partial charge in [0.15, 0.2) is 0 Å². The van der Waals surface area contributed by atoms with Crippen LogP contribution in [0.4, 0.5) is 0 Å². The van der Waals surface area contributed by atoms with Gasteiger partial charge in [0.1, 0.15) is 0 Å². The van der Waals surface area contributed by atoms with E-state index >= 15 is 0 Å². The summed E-state index contributed by atoms with van der Waals surface area (Å²) in [6, 6.07) is 0. The number of hydrogen-bond donors (Lipinski definition) is 4. The van der Waals surface area contributed by atoms with E-state index in [0.717, 1.165) is 51.4 Å². The van der Waals surface area contributed by atoms with E-state index in [9.17, 15) is 18.9 Å². The fourth-order valence-electron chi connectivity index (χ4n) is 1.84. The molecule has 0 aromatic heterocycles. The van der Waals surface area contributed by atoms with Crippen LogP contribution >= 0.6 is 14.7 Å². The molecule has 26 heavy (non-hydrogen) atoms. The molecule has 6 nitrogen and oxygen atoms in total. The topological polar surface area (TPSA) is 115 Å². The van der Waals surface area contributed by atoms with Crippen LogP contribution < -0.4 is 0 Å². The van der Waals surface area contributed by atoms with Crippen molar-refractivity contribution in [3.8, 4) is 0 Å². The standard InChI is InChI=1S/2C8H19O2P.C2H6O2/c2*1-3-5-7-11(9,10)8-6-4-2;3-1-2-4/h2*3-8H2,1-2H3,(H,9,10);3-4H,1-2H2. The molecule has 0 unspecified atom stereocenters. The highest BCUT2D eigenvalue weighted by atomic mass is 31.2. The van der Waals surface area contributed by atoms with Gasteiger partial charge in [-0.1, -0.05) is 53.4 Å². The van der Waals surface area contributed by atoms with E-state index in [4.69, 9.17) is 10.2 Å². The first-order valence-electron chi connectivity index (χ1n) is 9.99. The summed E-state index contributed by atoms with van der Waals surface area (Å²) in [4.78, 5) is 18.7. The van der Waals surface area contributed by atoms with E-state index in [1.807, 2.05) is 27.7 Å². The molecule has 0 aromatic carbocycles. The highest BCUT2D eigenvalue weighted by Gasteiger charge is 2.16. The molecule has 0 aromatic rings. The van der Waals surface area contributed by atoms with Gasteiger partial charge >= 0.3 is 0 Å². The molecule has 0 spiro atoms. The third-order valence-corrected chi connectivity index (χ3v) is 7.60. The summed E-state index contributed by atoms with van der Waals surface area (Å²) < 4.78 is 22.6. The van der Waals surface area contributed by atoms with Crippen LogP contribution in [0.1, 0.15) is 79.1 Å². The van der Waals surface area contributed by atoms with Crippen molar-refractivity contribution in [2.45, 2.75) is 79.1 Å². The van der Waals surface area contributed by atoms with Gasteiger partial charge in [0.05, 0.1) is 13.2 Å². The van der Waals surface area contributed by atoms with Crippen molar-refractivity contribution in [1.29, 1.82) is 0 Å². The maximum absolute atomic E-state index is 11.3. The Morgan fingerprint density at radius 1 is 0.538 bits per heavy atom. The van der Waals surface area contributed by atoms with Crippen LogP contribution in [0.2, 0.25) is 0 Å². The summed E-state index contributed by atoms with van der Waals surface area (Å²) in [6.07, 6.45) is 9.66. The van der Waals surface area contributed by atoms with Crippen molar-refractivity contribution in [3.63, 3.8) is 0 Å². The Hall–Kier alpha value is 0.300. The van der Waals surface area contributed by atoms with Gasteiger partial charge in [0.2, 0.25) is 14.7 Å². The van der Waals surface area contributed by atoms with Crippen LogP contribution in [-0.4, -0.2) is 57.9 Å². The summed E-state index contributed by atoms with van der Waals surface area (Å²) in [5.74, 6) is 0. The first kappa shape index (κ1) is 31.0. The second-order valence-corrected chi connectivity index (χ2v) is 11.6. The Morgan fingerprint density at radius 2 is 0.731 bits per heavy atom. The van der Waals surface area contributed by atoms with Gasteiger partial charge in [-0.3, -0.25) is 9.13 Å². The highest BCUT2D eigenvalue weighted by molar-refractivity contribution is 7.58. The largest absolute Gasteiger partial charge is 0.394 e. The van der Waals surface area contributed by atoms with Crippen molar-refractivity contribution in [2.75, 3.05) is 37.9 Å². The van der Waals surface area contributed by atoms with E-state index in [1.165, 1.54) is 0 Å². The smallest absolute Gasteiger partial charge is 0.200 e. The van der Waals surface area contributed by atoms with E-state index in [-0.39, 0.29) is 13.2 Å². The van der Waals surface area contributed by atoms with Gasteiger partial charge in [-0.2, -0.15) is 0 Å². The highest BCUT2D eigenvalue weighted by Crippen LogP contribution is 2.42. The zero-order chi connectivity index (χ0) is 20.9. The quantitative estimate of drug-likeness (QED) is 0.323. The molecule has 4 N–H and O–H groups in total. The van der Waals surface area contributed by atoms with Gasteiger partial charge < -0.3 is 20.0 Å². The number of unbranched alkanes of at least 4 members (excludes halogenated alkanes) is 4. The Labute approximate surface area is 161 Å². The molecule has 0 bridgehead atoms. The number of hydrogen-bond acceptors (Lipinski definition) is 4. The van der Waals surface area contributed by atoms with E-state index < -0.39 is 14.7 Å². The SMILES string of the molecule is CCCCP(=O)(O)CCCC.CCCCP(=O)(O)CCCC.OCCO. The second-order valence-electron chi connectivity index (χ2n) is 6.45. The van der Waals surface area contributed by atoms with Crippen molar-refractivity contribution in [3.05, 3.63) is 0 Å². The van der Waals surface area contributed by atoms with Crippen LogP contribution in [-0.2, 0) is 9.13 Å². The molecular weight excluding hydrogens is 374 g/mol. The molecule has 0 heterocycles. The average molecular weight is 418 g/mol. The zero-order valence-electron chi connectivity index (χ0n) is 17.4. The minimum Gasteiger partial charge on any atom is -0.394 e. The lowest BCUT2D eigenvalue weighted by molar-refractivity contribution is 0.186. The van der Waals surface area contributed by atoms with Gasteiger partial charge in [0, 0.05) is 24.6 Å². The fourth-order valence-corrected chi connectivity index (χ4v) is 5.53. The molecule has 0 fully saturated rings. The monoisotopic (exact) mass is 418 g/mol. The molecule has 0 atom stereocenters. The molecule has 0 aliphatic rings. The molecule has 162 valence electrons. The Morgan fingerprint density at radius 3 is 0.846 bits per heavy atom. The van der Waals surface area contributed by atoms with Crippen LogP contribution in [0.5, 0.6) is 0 Å². The summed E-state index contributed by atoms with van der Waals surface area (Å²) in [6.45, 7) is 7.92. The summed E-state index contributed by atoms with van der Waals surface area (Å²) in [5.41, 5.74) is 0. The number of rotatable bonds is 13. The molecule has 0 aliphatic heterocycles. The van der Waals surface area contributed by atoms with E-state index in [0.29, 0.717) is 24.6 Å². The van der Waals surface area contributed by atoms with Crippen LogP contribution in [0, 0.1) is 0 Å². The van der Waals surface area contributed by atoms with Crippen LogP contribution in [0.3, 0.4) is 0 Å². The summed E-state index contributed by atoms with van der Waals surface area (Å²) >= 11 is 0. The molecule has 0 rings (SSSR count). The lowest BCUT2D eigenvalue weighted by Gasteiger charge is -2.09. The third-order valence-electron chi connectivity index (χ3n) is 3.54. The Bertz CT molecular complexity index is 306. The molecule has 0 saturated carbocycles. The minimum atomic E-state index is -2.73. The Balaban J connectivity index is -0.000000338. The zero-order valence-corrected chi connectivity index (χ0v) is 19.2. The van der Waals surface area contributed by atoms with E-state index in [2.05, 4.69) is 0 Å². The first-order chi connectivity index (χ1) is 12.2. The van der Waals surface area contributed by atoms with Gasteiger partial charge in [-0.15, -0.1) is 0 Å². The normalized spacial score (nSPS) is 11.2. The molecule has 0 amide bonds. The second kappa shape index (κ2) is 21.6. The van der Waals surface area contributed by atoms with Crippen molar-refractivity contribution >= 4 is 14.7 Å². The lowest BCUT2D eigenvalue weighted by Crippen LogP contribution is -1.93. The molecule has 0 aliphatic carbocycles. The van der Waals surface area contributed by atoms with Crippen molar-refractivity contribution in [1.82, 2.24) is 0 Å². The van der Waals surface area contributed by atoms with E-state index in [1.54, 1.807) is 0 Å². The number of aliphatic hydroxyl groups excluding tert-OH is 2. The lowest BCUT2D eigenvalue weighted by atomic mass is 10.4. The maximum Gasteiger partial charge on any atom is 0.200 e. The van der Waals surface area contributed by atoms with Crippen molar-refractivity contribution in [2.24, 2.45) is 0 Å². The van der Waals surface area contributed by atoms with Gasteiger partial charge in [-0.05, 0) is 25.7 Å². The van der Waals surface area contributed by atoms with Crippen molar-refractivity contribution < 1.29 is 29.1 Å². The summed E-state index contributed by atoms with van der Waals surface area (Å²) in [7, 11) is -5.45. The predicted octanol–water partition coefficient (Wildman–Crippen LogP) is 4.69. The molecular formula is C18H44O6P2. The Kier molecular flexibility index (Phi) is 25.8. The van der Waals surface area contributed by atoms with Crippen LogP contribution in [0.15, 0.2) is 0 Å². The maximum atomic E-state index is 11.3. The fraction of sp³-hybridized carbons (Fsp3) is 1.00. The average Bonchev–Trinajstić information content (AvgIpc) is 2.62. The molecule has 0 radical (unpaired) electrons. The minimum absolute atomic E-state index is 0.125. The molecule has 8 heteroatoms. The van der Waals surface area contributed by atoms with Gasteiger partial charge in [-0.25, -0.2) is 0 Å².